The molecule has 1 aliphatic carbocycles. The van der Waals surface area contributed by atoms with Gasteiger partial charge >= 0.3 is 5.97 Å². The molecule has 4 rings (SSSR count). The molecule has 2 fully saturated rings. The Bertz CT molecular complexity index is 624. The number of fused-ring (bicyclic) bond motifs is 3. The van der Waals surface area contributed by atoms with Crippen LogP contribution in [0.25, 0.3) is 0 Å². The fourth-order valence-electron chi connectivity index (χ4n) is 5.01. The molecule has 1 saturated heterocycles. The number of ether oxygens (including phenoxy) is 2. The minimum atomic E-state index is -0.243. The molecule has 2 aliphatic heterocycles. The fourth-order valence-corrected chi connectivity index (χ4v) is 5.01. The van der Waals surface area contributed by atoms with Crippen LogP contribution in [0.15, 0.2) is 18.2 Å². The lowest BCUT2D eigenvalue weighted by Gasteiger charge is -2.47. The van der Waals surface area contributed by atoms with E-state index in [0.29, 0.717) is 24.1 Å². The van der Waals surface area contributed by atoms with Crippen LogP contribution in [-0.4, -0.2) is 25.2 Å². The van der Waals surface area contributed by atoms with Crippen molar-refractivity contribution < 1.29 is 14.3 Å². The molecule has 1 N–H and O–H groups in total. The highest BCUT2D eigenvalue weighted by atomic mass is 16.5. The van der Waals surface area contributed by atoms with Gasteiger partial charge in [-0.3, -0.25) is 0 Å². The van der Waals surface area contributed by atoms with E-state index in [1.807, 2.05) is 25.1 Å². The van der Waals surface area contributed by atoms with Crippen LogP contribution < -0.4 is 5.32 Å². The molecule has 25 heavy (non-hydrogen) atoms. The van der Waals surface area contributed by atoms with Gasteiger partial charge in [0.1, 0.15) is 0 Å². The van der Waals surface area contributed by atoms with Gasteiger partial charge in [-0.1, -0.05) is 19.3 Å². The zero-order valence-electron chi connectivity index (χ0n) is 15.1. The van der Waals surface area contributed by atoms with Crippen LogP contribution in [0.3, 0.4) is 0 Å². The molecule has 0 amide bonds. The first kappa shape index (κ1) is 16.9. The second-order valence-corrected chi connectivity index (χ2v) is 7.69. The number of carbonyl (C=O) groups excluding carboxylic acids is 1. The summed E-state index contributed by atoms with van der Waals surface area (Å²) >= 11 is 0. The van der Waals surface area contributed by atoms with Gasteiger partial charge in [0.15, 0.2) is 0 Å². The third-order valence-corrected chi connectivity index (χ3v) is 6.18. The summed E-state index contributed by atoms with van der Waals surface area (Å²) in [6.45, 7) is 3.06. The van der Waals surface area contributed by atoms with E-state index in [-0.39, 0.29) is 12.1 Å². The van der Waals surface area contributed by atoms with Gasteiger partial charge in [0.25, 0.3) is 0 Å². The van der Waals surface area contributed by atoms with E-state index < -0.39 is 0 Å². The summed E-state index contributed by atoms with van der Waals surface area (Å²) in [5.41, 5.74) is 2.92. The quantitative estimate of drug-likeness (QED) is 0.808. The Hall–Kier alpha value is -1.55. The molecular formula is C21H29NO3. The minimum absolute atomic E-state index is 0.117. The fraction of sp³-hybridized carbons (Fsp3) is 0.667. The lowest BCUT2D eigenvalue weighted by Crippen LogP contribution is -2.46. The number of hydrogen-bond acceptors (Lipinski definition) is 4. The van der Waals surface area contributed by atoms with Gasteiger partial charge in [-0.15, -0.1) is 0 Å². The Balaban J connectivity index is 1.64. The first-order chi connectivity index (χ1) is 12.3. The number of anilines is 1. The summed E-state index contributed by atoms with van der Waals surface area (Å²) in [5, 5.41) is 3.83. The summed E-state index contributed by atoms with van der Waals surface area (Å²) in [5.74, 6) is 1.02. The van der Waals surface area contributed by atoms with Crippen molar-refractivity contribution in [3.63, 3.8) is 0 Å². The van der Waals surface area contributed by atoms with Crippen LogP contribution in [0.5, 0.6) is 0 Å². The monoisotopic (exact) mass is 343 g/mol. The largest absolute Gasteiger partial charge is 0.462 e. The summed E-state index contributed by atoms with van der Waals surface area (Å²) in [4.78, 5) is 12.1. The molecule has 1 aromatic rings. The topological polar surface area (TPSA) is 47.6 Å². The molecule has 136 valence electrons. The van der Waals surface area contributed by atoms with Gasteiger partial charge in [0, 0.05) is 29.8 Å². The van der Waals surface area contributed by atoms with Crippen molar-refractivity contribution in [1.82, 2.24) is 0 Å². The molecule has 4 nitrogen and oxygen atoms in total. The van der Waals surface area contributed by atoms with Crippen molar-refractivity contribution in [2.24, 2.45) is 11.8 Å². The van der Waals surface area contributed by atoms with Crippen molar-refractivity contribution in [1.29, 1.82) is 0 Å². The van der Waals surface area contributed by atoms with E-state index in [4.69, 9.17) is 9.47 Å². The van der Waals surface area contributed by atoms with Crippen LogP contribution in [0.1, 0.15) is 73.9 Å². The number of hydrogen-bond donors (Lipinski definition) is 1. The van der Waals surface area contributed by atoms with Crippen molar-refractivity contribution in [3.8, 4) is 0 Å². The van der Waals surface area contributed by atoms with Crippen molar-refractivity contribution in [2.45, 2.75) is 64.0 Å². The predicted octanol–water partition coefficient (Wildman–Crippen LogP) is 4.71. The van der Waals surface area contributed by atoms with Crippen LogP contribution in [-0.2, 0) is 9.47 Å². The SMILES string of the molecule is CCOC(=O)c1ccc2c(c1)C1OCCC[C@H]1[C@H](C1CCCCC1)N2. The maximum absolute atomic E-state index is 12.1. The van der Waals surface area contributed by atoms with E-state index in [1.165, 1.54) is 38.5 Å². The number of benzene rings is 1. The van der Waals surface area contributed by atoms with E-state index in [0.717, 1.165) is 30.2 Å². The molecule has 0 aromatic heterocycles. The molecule has 3 aliphatic rings. The molecule has 1 saturated carbocycles. The average molecular weight is 343 g/mol. The maximum Gasteiger partial charge on any atom is 0.338 e. The molecule has 1 unspecified atom stereocenters. The van der Waals surface area contributed by atoms with E-state index in [9.17, 15) is 4.79 Å². The van der Waals surface area contributed by atoms with Crippen LogP contribution >= 0.6 is 0 Å². The Morgan fingerprint density at radius 1 is 1.20 bits per heavy atom. The standard InChI is InChI=1S/C21H29NO3/c1-2-24-21(23)15-10-11-18-17(13-15)20-16(9-6-12-25-20)19(22-18)14-7-4-3-5-8-14/h10-11,13-14,16,19-20,22H,2-9,12H2,1H3/t16-,19-,20?/m0/s1. The number of carbonyl (C=O) groups is 1. The molecule has 2 heterocycles. The van der Waals surface area contributed by atoms with E-state index >= 15 is 0 Å². The summed E-state index contributed by atoms with van der Waals surface area (Å²) in [6, 6.07) is 6.42. The van der Waals surface area contributed by atoms with Crippen molar-refractivity contribution in [3.05, 3.63) is 29.3 Å². The van der Waals surface area contributed by atoms with Gasteiger partial charge in [0.2, 0.25) is 0 Å². The van der Waals surface area contributed by atoms with Crippen molar-refractivity contribution >= 4 is 11.7 Å². The summed E-state index contributed by atoms with van der Waals surface area (Å²) < 4.78 is 11.4. The second-order valence-electron chi connectivity index (χ2n) is 7.69. The molecule has 0 radical (unpaired) electrons. The lowest BCUT2D eigenvalue weighted by molar-refractivity contribution is -0.0458. The Kier molecular flexibility index (Phi) is 4.98. The highest BCUT2D eigenvalue weighted by Gasteiger charge is 2.42. The predicted molar refractivity (Wildman–Crippen MR) is 97.8 cm³/mol. The second kappa shape index (κ2) is 7.36. The summed E-state index contributed by atoms with van der Waals surface area (Å²) in [6.07, 6.45) is 9.22. The normalized spacial score (nSPS) is 29.2. The summed E-state index contributed by atoms with van der Waals surface area (Å²) in [7, 11) is 0. The number of nitrogens with one attached hydrogen (secondary N) is 1. The molecular weight excluding hydrogens is 314 g/mol. The zero-order chi connectivity index (χ0) is 17.2. The third kappa shape index (κ3) is 3.29. The minimum Gasteiger partial charge on any atom is -0.462 e. The lowest BCUT2D eigenvalue weighted by atomic mass is 9.71. The van der Waals surface area contributed by atoms with Gasteiger partial charge in [-0.25, -0.2) is 4.79 Å². The Morgan fingerprint density at radius 3 is 2.84 bits per heavy atom. The van der Waals surface area contributed by atoms with E-state index in [1.54, 1.807) is 0 Å². The molecule has 3 atom stereocenters. The number of rotatable bonds is 3. The average Bonchev–Trinajstić information content (AvgIpc) is 2.68. The molecule has 1 aromatic carbocycles. The van der Waals surface area contributed by atoms with Crippen LogP contribution in [0.2, 0.25) is 0 Å². The zero-order valence-corrected chi connectivity index (χ0v) is 15.1. The molecule has 0 bridgehead atoms. The molecule has 4 heteroatoms. The van der Waals surface area contributed by atoms with Gasteiger partial charge in [0.05, 0.1) is 18.3 Å². The first-order valence-corrected chi connectivity index (χ1v) is 9.97. The van der Waals surface area contributed by atoms with Crippen LogP contribution in [0, 0.1) is 11.8 Å². The van der Waals surface area contributed by atoms with Gasteiger partial charge < -0.3 is 14.8 Å². The highest BCUT2D eigenvalue weighted by Crippen LogP contribution is 2.47. The van der Waals surface area contributed by atoms with Crippen molar-refractivity contribution in [2.75, 3.05) is 18.5 Å². The smallest absolute Gasteiger partial charge is 0.338 e. The third-order valence-electron chi connectivity index (χ3n) is 6.18. The van der Waals surface area contributed by atoms with Gasteiger partial charge in [-0.05, 0) is 56.7 Å². The van der Waals surface area contributed by atoms with E-state index in [2.05, 4.69) is 5.32 Å². The first-order valence-electron chi connectivity index (χ1n) is 9.97. The molecule has 0 spiro atoms. The Morgan fingerprint density at radius 2 is 2.04 bits per heavy atom. The van der Waals surface area contributed by atoms with Crippen LogP contribution in [0.4, 0.5) is 5.69 Å². The Labute approximate surface area is 150 Å². The maximum atomic E-state index is 12.1. The number of esters is 1. The highest BCUT2D eigenvalue weighted by molar-refractivity contribution is 5.90. The van der Waals surface area contributed by atoms with Gasteiger partial charge in [-0.2, -0.15) is 0 Å².